The fraction of sp³-hybridized carbons (Fsp3) is 0.667. The summed E-state index contributed by atoms with van der Waals surface area (Å²) in [5, 5.41) is 3.00. The predicted octanol–water partition coefficient (Wildman–Crippen LogP) is 3.74. The van der Waals surface area contributed by atoms with Gasteiger partial charge in [0.05, 0.1) is 0 Å². The molecule has 25 heavy (non-hydrogen) atoms. The quantitative estimate of drug-likeness (QED) is 0.765. The third-order valence-electron chi connectivity index (χ3n) is 4.78. The fourth-order valence-corrected chi connectivity index (χ4v) is 3.13. The average molecular weight is 347 g/mol. The van der Waals surface area contributed by atoms with E-state index in [1.54, 1.807) is 0 Å². The lowest BCUT2D eigenvalue weighted by Gasteiger charge is -2.26. The highest BCUT2D eigenvalue weighted by atomic mass is 16.5. The number of piperidine rings is 1. The van der Waals surface area contributed by atoms with Crippen LogP contribution in [0, 0.1) is 0 Å². The molecule has 1 saturated heterocycles. The Hall–Kier alpha value is -1.55. The van der Waals surface area contributed by atoms with Gasteiger partial charge in [0.25, 0.3) is 5.91 Å². The van der Waals surface area contributed by atoms with E-state index in [0.29, 0.717) is 6.54 Å². The fourth-order valence-electron chi connectivity index (χ4n) is 3.13. The van der Waals surface area contributed by atoms with Crippen molar-refractivity contribution in [1.82, 2.24) is 10.2 Å². The Kier molecular flexibility index (Phi) is 7.30. The van der Waals surface area contributed by atoms with E-state index in [2.05, 4.69) is 37.1 Å². The van der Waals surface area contributed by atoms with Gasteiger partial charge in [0.1, 0.15) is 5.75 Å². The number of amides is 1. The molecule has 4 heteroatoms. The second-order valence-corrected chi connectivity index (χ2v) is 8.08. The second kappa shape index (κ2) is 9.23. The van der Waals surface area contributed by atoms with Crippen molar-refractivity contribution in [3.8, 4) is 5.75 Å². The van der Waals surface area contributed by atoms with Crippen LogP contribution in [0.5, 0.6) is 5.75 Å². The van der Waals surface area contributed by atoms with E-state index in [1.165, 1.54) is 37.9 Å². The van der Waals surface area contributed by atoms with E-state index in [4.69, 9.17) is 4.74 Å². The van der Waals surface area contributed by atoms with Crippen LogP contribution in [-0.2, 0) is 10.2 Å². The number of ether oxygens (including phenoxy) is 1. The molecule has 1 heterocycles. The highest BCUT2D eigenvalue weighted by Gasteiger charge is 2.17. The number of hydrogen-bond acceptors (Lipinski definition) is 3. The first-order valence-electron chi connectivity index (χ1n) is 9.63. The number of rotatable bonds is 7. The van der Waals surface area contributed by atoms with Gasteiger partial charge in [-0.3, -0.25) is 4.79 Å². The molecule has 1 N–H and O–H groups in total. The Bertz CT molecular complexity index is 545. The van der Waals surface area contributed by atoms with E-state index in [1.807, 2.05) is 25.1 Å². The highest BCUT2D eigenvalue weighted by Crippen LogP contribution is 2.26. The SMILES string of the molecule is CC(Oc1cccc(C(C)(C)C)c1)C(=O)NCCCN1CCCCC1. The summed E-state index contributed by atoms with van der Waals surface area (Å²) in [4.78, 5) is 14.7. The maximum Gasteiger partial charge on any atom is 0.260 e. The molecule has 4 nitrogen and oxygen atoms in total. The molecule has 1 amide bonds. The van der Waals surface area contributed by atoms with Gasteiger partial charge in [-0.05, 0) is 68.9 Å². The molecule has 0 saturated carbocycles. The van der Waals surface area contributed by atoms with Crippen molar-refractivity contribution in [3.63, 3.8) is 0 Å². The van der Waals surface area contributed by atoms with Crippen LogP contribution in [0.2, 0.25) is 0 Å². The van der Waals surface area contributed by atoms with Gasteiger partial charge in [-0.15, -0.1) is 0 Å². The number of hydrogen-bond donors (Lipinski definition) is 1. The lowest BCUT2D eigenvalue weighted by Crippen LogP contribution is -2.38. The van der Waals surface area contributed by atoms with E-state index >= 15 is 0 Å². The third kappa shape index (κ3) is 6.69. The summed E-state index contributed by atoms with van der Waals surface area (Å²) >= 11 is 0. The minimum Gasteiger partial charge on any atom is -0.481 e. The molecule has 0 spiro atoms. The van der Waals surface area contributed by atoms with Gasteiger partial charge in [0, 0.05) is 6.54 Å². The third-order valence-corrected chi connectivity index (χ3v) is 4.78. The van der Waals surface area contributed by atoms with Gasteiger partial charge in [-0.25, -0.2) is 0 Å². The zero-order chi connectivity index (χ0) is 18.3. The van der Waals surface area contributed by atoms with E-state index < -0.39 is 6.10 Å². The Balaban J connectivity index is 1.72. The molecule has 140 valence electrons. The molecular weight excluding hydrogens is 312 g/mol. The zero-order valence-corrected chi connectivity index (χ0v) is 16.3. The van der Waals surface area contributed by atoms with Gasteiger partial charge in [0.15, 0.2) is 6.10 Å². The number of nitrogens with zero attached hydrogens (tertiary/aromatic N) is 1. The molecule has 1 atom stereocenters. The Morgan fingerprint density at radius 1 is 1.24 bits per heavy atom. The maximum atomic E-state index is 12.2. The van der Waals surface area contributed by atoms with Crippen LogP contribution in [0.3, 0.4) is 0 Å². The molecule has 1 aliphatic heterocycles. The van der Waals surface area contributed by atoms with Gasteiger partial charge in [-0.1, -0.05) is 39.3 Å². The van der Waals surface area contributed by atoms with Gasteiger partial charge < -0.3 is 15.0 Å². The number of benzene rings is 1. The summed E-state index contributed by atoms with van der Waals surface area (Å²) in [6, 6.07) is 8.02. The predicted molar refractivity (Wildman–Crippen MR) is 103 cm³/mol. The van der Waals surface area contributed by atoms with Gasteiger partial charge in [0.2, 0.25) is 0 Å². The number of nitrogens with one attached hydrogen (secondary N) is 1. The molecule has 0 radical (unpaired) electrons. The smallest absolute Gasteiger partial charge is 0.260 e. The minimum absolute atomic E-state index is 0.0418. The van der Waals surface area contributed by atoms with Crippen molar-refractivity contribution in [1.29, 1.82) is 0 Å². The summed E-state index contributed by atoms with van der Waals surface area (Å²) in [6.07, 6.45) is 4.50. The first kappa shape index (κ1) is 19.8. The van der Waals surface area contributed by atoms with Crippen LogP contribution in [-0.4, -0.2) is 43.1 Å². The van der Waals surface area contributed by atoms with Crippen LogP contribution in [0.15, 0.2) is 24.3 Å². The van der Waals surface area contributed by atoms with Gasteiger partial charge >= 0.3 is 0 Å². The van der Waals surface area contributed by atoms with E-state index in [9.17, 15) is 4.79 Å². The Morgan fingerprint density at radius 3 is 2.64 bits per heavy atom. The van der Waals surface area contributed by atoms with Crippen LogP contribution in [0.25, 0.3) is 0 Å². The lowest BCUT2D eigenvalue weighted by molar-refractivity contribution is -0.127. The van der Waals surface area contributed by atoms with Crippen molar-refractivity contribution >= 4 is 5.91 Å². The molecule has 1 aromatic rings. The Morgan fingerprint density at radius 2 is 1.96 bits per heavy atom. The summed E-state index contributed by atoms with van der Waals surface area (Å²) in [5.74, 6) is 0.711. The molecule has 1 fully saturated rings. The Labute approximate surface area is 152 Å². The summed E-state index contributed by atoms with van der Waals surface area (Å²) in [6.45, 7) is 12.5. The number of carbonyl (C=O) groups excluding carboxylic acids is 1. The zero-order valence-electron chi connectivity index (χ0n) is 16.3. The van der Waals surface area contributed by atoms with Crippen LogP contribution < -0.4 is 10.1 Å². The van der Waals surface area contributed by atoms with Crippen molar-refractivity contribution in [2.45, 2.75) is 64.9 Å². The van der Waals surface area contributed by atoms with Crippen molar-refractivity contribution in [3.05, 3.63) is 29.8 Å². The maximum absolute atomic E-state index is 12.2. The van der Waals surface area contributed by atoms with Crippen molar-refractivity contribution in [2.75, 3.05) is 26.2 Å². The topological polar surface area (TPSA) is 41.6 Å². The molecule has 0 aliphatic carbocycles. The second-order valence-electron chi connectivity index (χ2n) is 8.08. The standard InChI is InChI=1S/C21H34N2O2/c1-17(25-19-11-8-10-18(16-19)21(2,3)4)20(24)22-12-9-15-23-13-6-5-7-14-23/h8,10-11,16-17H,5-7,9,12-15H2,1-4H3,(H,22,24). The first-order valence-corrected chi connectivity index (χ1v) is 9.63. The van der Waals surface area contributed by atoms with Crippen LogP contribution in [0.4, 0.5) is 0 Å². The minimum atomic E-state index is -0.481. The normalized spacial score (nSPS) is 17.1. The molecule has 1 aliphatic rings. The van der Waals surface area contributed by atoms with Crippen molar-refractivity contribution in [2.24, 2.45) is 0 Å². The van der Waals surface area contributed by atoms with Crippen LogP contribution >= 0.6 is 0 Å². The number of carbonyl (C=O) groups is 1. The summed E-state index contributed by atoms with van der Waals surface area (Å²) in [7, 11) is 0. The first-order chi connectivity index (χ1) is 11.9. The molecule has 0 aromatic heterocycles. The lowest BCUT2D eigenvalue weighted by atomic mass is 9.87. The molecular formula is C21H34N2O2. The summed E-state index contributed by atoms with van der Waals surface area (Å²) < 4.78 is 5.84. The number of likely N-dealkylation sites (tertiary alicyclic amines) is 1. The van der Waals surface area contributed by atoms with Gasteiger partial charge in [-0.2, -0.15) is 0 Å². The van der Waals surface area contributed by atoms with Crippen molar-refractivity contribution < 1.29 is 9.53 Å². The largest absolute Gasteiger partial charge is 0.481 e. The molecule has 2 rings (SSSR count). The van der Waals surface area contributed by atoms with E-state index in [0.717, 1.165) is 18.7 Å². The molecule has 1 aromatic carbocycles. The molecule has 1 unspecified atom stereocenters. The summed E-state index contributed by atoms with van der Waals surface area (Å²) in [5.41, 5.74) is 1.28. The van der Waals surface area contributed by atoms with E-state index in [-0.39, 0.29) is 11.3 Å². The van der Waals surface area contributed by atoms with Crippen LogP contribution in [0.1, 0.15) is 58.9 Å². The molecule has 0 bridgehead atoms. The average Bonchev–Trinajstić information content (AvgIpc) is 2.59. The highest BCUT2D eigenvalue weighted by molar-refractivity contribution is 5.80. The monoisotopic (exact) mass is 346 g/mol.